The molecule has 1 saturated carbocycles. The molecule has 9 heavy (non-hydrogen) atoms. The molecule has 0 spiro atoms. The maximum atomic E-state index is 11.3. The molecule has 1 fully saturated rings. The molecule has 0 saturated heterocycles. The molecule has 0 aliphatic heterocycles. The van der Waals surface area contributed by atoms with Crippen molar-refractivity contribution in [1.82, 2.24) is 0 Å². The summed E-state index contributed by atoms with van der Waals surface area (Å²) in [7, 11) is 0. The number of halogens is 3. The average Bonchev–Trinajstić information content (AvgIpc) is 2.13. The Bertz CT molecular complexity index is 109. The van der Waals surface area contributed by atoms with Crippen molar-refractivity contribution < 1.29 is 17.9 Å². The maximum absolute atomic E-state index is 11.3. The molecule has 0 N–H and O–H groups in total. The van der Waals surface area contributed by atoms with Gasteiger partial charge in [-0.25, -0.2) is 0 Å². The van der Waals surface area contributed by atoms with Crippen LogP contribution in [0.1, 0.15) is 6.42 Å². The summed E-state index contributed by atoms with van der Waals surface area (Å²) in [4.78, 5) is 0. The van der Waals surface area contributed by atoms with E-state index in [0.717, 1.165) is 0 Å². The Morgan fingerprint density at radius 2 is 1.89 bits per heavy atom. The second kappa shape index (κ2) is 1.87. The molecule has 1 aliphatic carbocycles. The monoisotopic (exact) mass is 139 g/mol. The summed E-state index contributed by atoms with van der Waals surface area (Å²) in [6.07, 6.45) is -4.72. The highest BCUT2D eigenvalue weighted by atomic mass is 19.4. The molecule has 1 aliphatic rings. The zero-order chi connectivity index (χ0) is 7.07. The van der Waals surface area contributed by atoms with Crippen LogP contribution in [-0.2, 0) is 4.74 Å². The molecule has 0 aromatic carbocycles. The Kier molecular flexibility index (Phi) is 1.42. The van der Waals surface area contributed by atoms with Gasteiger partial charge in [0.05, 0.1) is 6.10 Å². The van der Waals surface area contributed by atoms with E-state index in [4.69, 9.17) is 0 Å². The van der Waals surface area contributed by atoms with Gasteiger partial charge in [-0.3, -0.25) is 4.74 Å². The van der Waals surface area contributed by atoms with E-state index >= 15 is 0 Å². The van der Waals surface area contributed by atoms with Crippen LogP contribution in [0.2, 0.25) is 0 Å². The minimum absolute atomic E-state index is 0.161. The molecule has 0 bridgehead atoms. The summed E-state index contributed by atoms with van der Waals surface area (Å²) in [6, 6.07) is 0. The van der Waals surface area contributed by atoms with Gasteiger partial charge in [-0.2, -0.15) is 0 Å². The number of hydrogen-bond donors (Lipinski definition) is 0. The van der Waals surface area contributed by atoms with Crippen molar-refractivity contribution in [3.63, 3.8) is 0 Å². The summed E-state index contributed by atoms with van der Waals surface area (Å²) < 4.78 is 37.4. The van der Waals surface area contributed by atoms with Gasteiger partial charge in [0.1, 0.15) is 0 Å². The van der Waals surface area contributed by atoms with Crippen LogP contribution in [0.5, 0.6) is 0 Å². The Morgan fingerprint density at radius 1 is 1.44 bits per heavy atom. The van der Waals surface area contributed by atoms with Crippen LogP contribution in [0.4, 0.5) is 13.2 Å². The lowest BCUT2D eigenvalue weighted by Gasteiger charge is -2.04. The van der Waals surface area contributed by atoms with Crippen LogP contribution in [0.25, 0.3) is 0 Å². The Balaban J connectivity index is 2.19. The van der Waals surface area contributed by atoms with Crippen molar-refractivity contribution in [1.29, 1.82) is 0 Å². The van der Waals surface area contributed by atoms with E-state index in [-0.39, 0.29) is 5.92 Å². The third kappa shape index (κ3) is 2.22. The van der Waals surface area contributed by atoms with E-state index in [0.29, 0.717) is 6.42 Å². The van der Waals surface area contributed by atoms with Crippen molar-refractivity contribution in [3.8, 4) is 0 Å². The molecule has 0 aromatic heterocycles. The van der Waals surface area contributed by atoms with E-state index in [1.165, 1.54) is 0 Å². The number of hydrogen-bond acceptors (Lipinski definition) is 1. The van der Waals surface area contributed by atoms with Gasteiger partial charge in [-0.15, -0.1) is 13.2 Å². The summed E-state index contributed by atoms with van der Waals surface area (Å²) >= 11 is 0. The molecule has 1 rings (SSSR count). The van der Waals surface area contributed by atoms with Crippen molar-refractivity contribution >= 4 is 0 Å². The molecule has 1 radical (unpaired) electrons. The Hall–Kier alpha value is -0.250. The first kappa shape index (κ1) is 6.86. The maximum Gasteiger partial charge on any atom is 0.522 e. The highest BCUT2D eigenvalue weighted by molar-refractivity contribution is 4.89. The minimum Gasteiger partial charge on any atom is -0.288 e. The fraction of sp³-hybridized carbons (Fsp3) is 0.800. The van der Waals surface area contributed by atoms with Crippen molar-refractivity contribution in [2.75, 3.05) is 0 Å². The van der Waals surface area contributed by atoms with E-state index in [1.807, 2.05) is 0 Å². The fourth-order valence-corrected chi connectivity index (χ4v) is 0.536. The van der Waals surface area contributed by atoms with Gasteiger partial charge in [-0.05, 0) is 19.3 Å². The molecule has 0 aromatic rings. The van der Waals surface area contributed by atoms with Crippen LogP contribution in [0.3, 0.4) is 0 Å². The van der Waals surface area contributed by atoms with E-state index in [1.54, 1.807) is 0 Å². The molecular weight excluding hydrogens is 133 g/mol. The van der Waals surface area contributed by atoms with Gasteiger partial charge in [0, 0.05) is 0 Å². The first-order valence-corrected chi connectivity index (χ1v) is 2.56. The third-order valence-corrected chi connectivity index (χ3v) is 1.14. The molecular formula is C5H6F3O. The van der Waals surface area contributed by atoms with Crippen LogP contribution in [0, 0.1) is 12.8 Å². The topological polar surface area (TPSA) is 9.23 Å². The van der Waals surface area contributed by atoms with Gasteiger partial charge < -0.3 is 0 Å². The molecule has 1 nitrogen and oxygen atoms in total. The highest BCUT2D eigenvalue weighted by Crippen LogP contribution is 2.37. The molecule has 2 atom stereocenters. The smallest absolute Gasteiger partial charge is 0.288 e. The fourth-order valence-electron chi connectivity index (χ4n) is 0.536. The van der Waals surface area contributed by atoms with Gasteiger partial charge in [0.2, 0.25) is 0 Å². The molecule has 0 amide bonds. The second-order valence-corrected chi connectivity index (χ2v) is 2.10. The SMILES string of the molecule is [CH2]C1CC1OC(F)(F)F. The lowest BCUT2D eigenvalue weighted by molar-refractivity contribution is -0.330. The Labute approximate surface area is 50.8 Å². The predicted octanol–water partition coefficient (Wildman–Crippen LogP) is 1.75. The number of ether oxygens (including phenoxy) is 1. The number of rotatable bonds is 1. The molecule has 4 heteroatoms. The van der Waals surface area contributed by atoms with E-state index < -0.39 is 12.5 Å². The van der Waals surface area contributed by atoms with Crippen molar-refractivity contribution in [3.05, 3.63) is 6.92 Å². The normalized spacial score (nSPS) is 34.7. The minimum atomic E-state index is -4.48. The summed E-state index contributed by atoms with van der Waals surface area (Å²) in [5.74, 6) is -0.161. The standard InChI is InChI=1S/C5H6F3O/c1-3-2-4(3)9-5(6,7)8/h3-4H,1-2H2. The molecule has 53 valence electrons. The van der Waals surface area contributed by atoms with Crippen LogP contribution in [0.15, 0.2) is 0 Å². The zero-order valence-corrected chi connectivity index (χ0v) is 4.61. The zero-order valence-electron chi connectivity index (χ0n) is 4.61. The first-order valence-electron chi connectivity index (χ1n) is 2.56. The highest BCUT2D eigenvalue weighted by Gasteiger charge is 2.43. The second-order valence-electron chi connectivity index (χ2n) is 2.10. The summed E-state index contributed by atoms with van der Waals surface area (Å²) in [5, 5.41) is 0. The summed E-state index contributed by atoms with van der Waals surface area (Å²) in [6.45, 7) is 3.39. The predicted molar refractivity (Wildman–Crippen MR) is 24.4 cm³/mol. The van der Waals surface area contributed by atoms with E-state index in [2.05, 4.69) is 11.7 Å². The van der Waals surface area contributed by atoms with Gasteiger partial charge >= 0.3 is 6.36 Å². The summed E-state index contributed by atoms with van der Waals surface area (Å²) in [5.41, 5.74) is 0. The van der Waals surface area contributed by atoms with Gasteiger partial charge in [0.15, 0.2) is 0 Å². The lowest BCUT2D eigenvalue weighted by Crippen LogP contribution is -2.15. The average molecular weight is 139 g/mol. The number of alkyl halides is 3. The largest absolute Gasteiger partial charge is 0.522 e. The van der Waals surface area contributed by atoms with E-state index in [9.17, 15) is 13.2 Å². The Morgan fingerprint density at radius 3 is 2.00 bits per heavy atom. The van der Waals surface area contributed by atoms with Gasteiger partial charge in [-0.1, -0.05) is 0 Å². The molecule has 2 unspecified atom stereocenters. The lowest BCUT2D eigenvalue weighted by atomic mass is 10.5. The first-order chi connectivity index (χ1) is 3.99. The van der Waals surface area contributed by atoms with Gasteiger partial charge in [0.25, 0.3) is 0 Å². The van der Waals surface area contributed by atoms with Crippen molar-refractivity contribution in [2.45, 2.75) is 18.9 Å². The third-order valence-electron chi connectivity index (χ3n) is 1.14. The van der Waals surface area contributed by atoms with Crippen LogP contribution < -0.4 is 0 Å². The van der Waals surface area contributed by atoms with Crippen LogP contribution >= 0.6 is 0 Å². The van der Waals surface area contributed by atoms with Crippen LogP contribution in [-0.4, -0.2) is 12.5 Å². The van der Waals surface area contributed by atoms with Crippen molar-refractivity contribution in [2.24, 2.45) is 5.92 Å². The molecule has 0 heterocycles. The quantitative estimate of drug-likeness (QED) is 0.537.